The van der Waals surface area contributed by atoms with Crippen molar-refractivity contribution in [2.45, 2.75) is 18.9 Å². The van der Waals surface area contributed by atoms with Gasteiger partial charge in [-0.3, -0.25) is 9.88 Å². The third-order valence-electron chi connectivity index (χ3n) is 3.80. The molecule has 1 atom stereocenters. The second-order valence-corrected chi connectivity index (χ2v) is 5.90. The molecule has 5 heteroatoms. The number of piperazine rings is 1. The highest BCUT2D eigenvalue weighted by Gasteiger charge is 2.38. The zero-order chi connectivity index (χ0) is 12.5. The van der Waals surface area contributed by atoms with Gasteiger partial charge in [-0.05, 0) is 18.8 Å². The van der Waals surface area contributed by atoms with Crippen molar-refractivity contribution in [3.8, 4) is 0 Å². The van der Waals surface area contributed by atoms with Crippen LogP contribution in [0.1, 0.15) is 24.4 Å². The third-order valence-corrected chi connectivity index (χ3v) is 4.40. The van der Waals surface area contributed by atoms with Crippen LogP contribution in [0.5, 0.6) is 0 Å². The molecule has 1 N–H and O–H groups in total. The normalized spacial score (nSPS) is 23.0. The topological polar surface area (TPSA) is 28.2 Å². The molecule has 1 saturated heterocycles. The molecule has 1 aliphatic heterocycles. The zero-order valence-corrected chi connectivity index (χ0v) is 11.7. The van der Waals surface area contributed by atoms with Crippen LogP contribution >= 0.6 is 23.2 Å². The van der Waals surface area contributed by atoms with Gasteiger partial charge in [0.1, 0.15) is 0 Å². The lowest BCUT2D eigenvalue weighted by atomic mass is 10.0. The molecule has 1 aromatic heterocycles. The summed E-state index contributed by atoms with van der Waals surface area (Å²) in [4.78, 5) is 6.57. The van der Waals surface area contributed by atoms with Crippen LogP contribution in [0.2, 0.25) is 10.0 Å². The summed E-state index contributed by atoms with van der Waals surface area (Å²) in [6.45, 7) is 4.22. The molecule has 2 fully saturated rings. The first-order valence-corrected chi connectivity index (χ1v) is 7.26. The van der Waals surface area contributed by atoms with Gasteiger partial charge in [0.15, 0.2) is 0 Å². The Hall–Kier alpha value is -0.350. The van der Waals surface area contributed by atoms with Crippen molar-refractivity contribution in [3.63, 3.8) is 0 Å². The van der Waals surface area contributed by atoms with Crippen molar-refractivity contribution in [3.05, 3.63) is 28.0 Å². The van der Waals surface area contributed by atoms with Crippen molar-refractivity contribution in [1.29, 1.82) is 0 Å². The Morgan fingerprint density at radius 2 is 1.78 bits per heavy atom. The number of nitrogens with one attached hydrogen (secondary N) is 1. The standard InChI is InChI=1S/C13H17Cl2N3/c14-10-7-17-8-11(15)12(10)13(9-1-2-9)18-5-3-16-4-6-18/h7-9,13,16H,1-6H2/t13-/m1/s1. The number of pyridine rings is 1. The molecule has 0 bridgehead atoms. The highest BCUT2D eigenvalue weighted by Crippen LogP contribution is 2.48. The van der Waals surface area contributed by atoms with E-state index < -0.39 is 0 Å². The average Bonchev–Trinajstić information content (AvgIpc) is 3.19. The molecule has 0 unspecified atom stereocenters. The Kier molecular flexibility index (Phi) is 3.76. The monoisotopic (exact) mass is 285 g/mol. The van der Waals surface area contributed by atoms with Crippen LogP contribution in [0.4, 0.5) is 0 Å². The van der Waals surface area contributed by atoms with E-state index in [1.165, 1.54) is 12.8 Å². The van der Waals surface area contributed by atoms with Crippen molar-refractivity contribution < 1.29 is 0 Å². The van der Waals surface area contributed by atoms with E-state index in [0.29, 0.717) is 22.0 Å². The lowest BCUT2D eigenvalue weighted by Gasteiger charge is -2.36. The van der Waals surface area contributed by atoms with Gasteiger partial charge < -0.3 is 5.32 Å². The molecular weight excluding hydrogens is 269 g/mol. The second kappa shape index (κ2) is 5.33. The van der Waals surface area contributed by atoms with Crippen molar-refractivity contribution in [2.24, 2.45) is 5.92 Å². The lowest BCUT2D eigenvalue weighted by Crippen LogP contribution is -2.45. The Balaban J connectivity index is 1.93. The number of hydrogen-bond acceptors (Lipinski definition) is 3. The van der Waals surface area contributed by atoms with E-state index in [4.69, 9.17) is 23.2 Å². The van der Waals surface area contributed by atoms with E-state index >= 15 is 0 Å². The molecule has 0 spiro atoms. The fraction of sp³-hybridized carbons (Fsp3) is 0.615. The number of aromatic nitrogens is 1. The summed E-state index contributed by atoms with van der Waals surface area (Å²) >= 11 is 12.7. The summed E-state index contributed by atoms with van der Waals surface area (Å²) in [6.07, 6.45) is 5.98. The smallest absolute Gasteiger partial charge is 0.0652 e. The minimum Gasteiger partial charge on any atom is -0.314 e. The molecule has 2 heterocycles. The van der Waals surface area contributed by atoms with Gasteiger partial charge in [-0.2, -0.15) is 0 Å². The molecule has 0 radical (unpaired) electrons. The van der Waals surface area contributed by atoms with Crippen molar-refractivity contribution >= 4 is 23.2 Å². The first-order valence-electron chi connectivity index (χ1n) is 6.51. The van der Waals surface area contributed by atoms with Gasteiger partial charge in [0.2, 0.25) is 0 Å². The quantitative estimate of drug-likeness (QED) is 0.926. The third kappa shape index (κ3) is 2.50. The fourth-order valence-electron chi connectivity index (χ4n) is 2.79. The molecule has 1 saturated carbocycles. The predicted molar refractivity (Wildman–Crippen MR) is 74.2 cm³/mol. The van der Waals surface area contributed by atoms with Gasteiger partial charge in [0, 0.05) is 50.2 Å². The number of nitrogens with zero attached hydrogens (tertiary/aromatic N) is 2. The minimum atomic E-state index is 0.370. The summed E-state index contributed by atoms with van der Waals surface area (Å²) in [7, 11) is 0. The molecule has 3 nitrogen and oxygen atoms in total. The molecule has 0 amide bonds. The molecule has 2 aliphatic rings. The highest BCUT2D eigenvalue weighted by atomic mass is 35.5. The number of hydrogen-bond donors (Lipinski definition) is 1. The molecule has 98 valence electrons. The summed E-state index contributed by atoms with van der Waals surface area (Å²) in [5, 5.41) is 4.80. The van der Waals surface area contributed by atoms with Crippen LogP contribution in [0.25, 0.3) is 0 Å². The molecule has 1 aliphatic carbocycles. The maximum absolute atomic E-state index is 6.33. The maximum atomic E-state index is 6.33. The summed E-state index contributed by atoms with van der Waals surface area (Å²) in [6, 6.07) is 0.370. The minimum absolute atomic E-state index is 0.370. The van der Waals surface area contributed by atoms with Gasteiger partial charge in [0.25, 0.3) is 0 Å². The lowest BCUT2D eigenvalue weighted by molar-refractivity contribution is 0.156. The van der Waals surface area contributed by atoms with Crippen molar-refractivity contribution in [1.82, 2.24) is 15.2 Å². The SMILES string of the molecule is Clc1cncc(Cl)c1[C@@H](C1CC1)N1CCNCC1. The van der Waals surface area contributed by atoms with Gasteiger partial charge in [-0.15, -0.1) is 0 Å². The van der Waals surface area contributed by atoms with Crippen LogP contribution in [-0.4, -0.2) is 36.1 Å². The van der Waals surface area contributed by atoms with E-state index in [0.717, 1.165) is 31.7 Å². The number of rotatable bonds is 3. The Labute approximate surface area is 117 Å². The van der Waals surface area contributed by atoms with Crippen LogP contribution in [0.3, 0.4) is 0 Å². The first-order chi connectivity index (χ1) is 8.77. The van der Waals surface area contributed by atoms with Gasteiger partial charge in [-0.25, -0.2) is 0 Å². The Morgan fingerprint density at radius 3 is 2.33 bits per heavy atom. The molecule has 0 aromatic carbocycles. The van der Waals surface area contributed by atoms with Gasteiger partial charge in [0.05, 0.1) is 10.0 Å². The van der Waals surface area contributed by atoms with E-state index in [-0.39, 0.29) is 0 Å². The fourth-order valence-corrected chi connectivity index (χ4v) is 3.38. The van der Waals surface area contributed by atoms with Crippen molar-refractivity contribution in [2.75, 3.05) is 26.2 Å². The average molecular weight is 286 g/mol. The summed E-state index contributed by atoms with van der Waals surface area (Å²) in [5.41, 5.74) is 1.08. The molecule has 18 heavy (non-hydrogen) atoms. The molecular formula is C13H17Cl2N3. The molecule has 3 rings (SSSR count). The van der Waals surface area contributed by atoms with E-state index in [9.17, 15) is 0 Å². The van der Waals surface area contributed by atoms with Gasteiger partial charge >= 0.3 is 0 Å². The van der Waals surface area contributed by atoms with Crippen LogP contribution < -0.4 is 5.32 Å². The largest absolute Gasteiger partial charge is 0.314 e. The first kappa shape index (κ1) is 12.7. The Bertz CT molecular complexity index is 408. The zero-order valence-electron chi connectivity index (χ0n) is 10.2. The summed E-state index contributed by atoms with van der Waals surface area (Å²) in [5.74, 6) is 0.709. The predicted octanol–water partition coefficient (Wildman–Crippen LogP) is 2.74. The van der Waals surface area contributed by atoms with Crippen LogP contribution in [0, 0.1) is 5.92 Å². The maximum Gasteiger partial charge on any atom is 0.0652 e. The number of halogens is 2. The van der Waals surface area contributed by atoms with Crippen LogP contribution in [0.15, 0.2) is 12.4 Å². The highest BCUT2D eigenvalue weighted by molar-refractivity contribution is 6.35. The second-order valence-electron chi connectivity index (χ2n) is 5.09. The van der Waals surface area contributed by atoms with Crippen LogP contribution in [-0.2, 0) is 0 Å². The molecule has 1 aromatic rings. The summed E-state index contributed by atoms with van der Waals surface area (Å²) < 4.78 is 0. The Morgan fingerprint density at radius 1 is 1.17 bits per heavy atom. The van der Waals surface area contributed by atoms with Gasteiger partial charge in [-0.1, -0.05) is 23.2 Å². The van der Waals surface area contributed by atoms with E-state index in [1.54, 1.807) is 12.4 Å². The van der Waals surface area contributed by atoms with E-state index in [2.05, 4.69) is 15.2 Å². The van der Waals surface area contributed by atoms with E-state index in [1.807, 2.05) is 0 Å².